The summed E-state index contributed by atoms with van der Waals surface area (Å²) in [5, 5.41) is 11.9. The summed E-state index contributed by atoms with van der Waals surface area (Å²) in [6.45, 7) is 2.35. The molecule has 2 rings (SSSR count). The van der Waals surface area contributed by atoms with Crippen molar-refractivity contribution < 1.29 is 9.94 Å². The zero-order valence-electron chi connectivity index (χ0n) is 7.70. The topological polar surface area (TPSA) is 41.8 Å². The molecule has 4 heteroatoms. The summed E-state index contributed by atoms with van der Waals surface area (Å²) in [6, 6.07) is 5.86. The molecule has 1 aliphatic rings. The Kier molecular flexibility index (Phi) is 2.46. The third-order valence-electron chi connectivity index (χ3n) is 2.41. The van der Waals surface area contributed by atoms with Crippen LogP contribution in [0, 0.1) is 0 Å². The van der Waals surface area contributed by atoms with Crippen molar-refractivity contribution in [3.63, 3.8) is 0 Å². The first-order chi connectivity index (χ1) is 6.72. The smallest absolute Gasteiger partial charge is 0.123 e. The molecule has 1 unspecified atom stereocenters. The Morgan fingerprint density at radius 1 is 1.64 bits per heavy atom. The lowest BCUT2D eigenvalue weighted by molar-refractivity contribution is 0.310. The summed E-state index contributed by atoms with van der Waals surface area (Å²) < 4.78 is 6.49. The molecule has 1 aromatic rings. The molecule has 0 spiro atoms. The minimum absolute atomic E-state index is 0.0764. The second kappa shape index (κ2) is 3.61. The van der Waals surface area contributed by atoms with Gasteiger partial charge in [-0.25, -0.2) is 0 Å². The Balaban J connectivity index is 2.43. The molecule has 0 aromatic heterocycles. The summed E-state index contributed by atoms with van der Waals surface area (Å²) >= 11 is 3.41. The molecule has 1 N–H and O–H groups in total. The molecule has 0 saturated heterocycles. The first-order valence-corrected chi connectivity index (χ1v) is 5.12. The lowest BCUT2D eigenvalue weighted by atomic mass is 9.97. The van der Waals surface area contributed by atoms with Crippen molar-refractivity contribution in [2.24, 2.45) is 5.16 Å². The summed E-state index contributed by atoms with van der Waals surface area (Å²) in [4.78, 5) is 0. The fourth-order valence-electron chi connectivity index (χ4n) is 1.60. The van der Waals surface area contributed by atoms with E-state index >= 15 is 0 Å². The molecule has 1 aromatic carbocycles. The Labute approximate surface area is 90.5 Å². The highest BCUT2D eigenvalue weighted by molar-refractivity contribution is 9.10. The van der Waals surface area contributed by atoms with E-state index in [-0.39, 0.29) is 5.92 Å². The van der Waals surface area contributed by atoms with Crippen LogP contribution in [0.5, 0.6) is 5.75 Å². The van der Waals surface area contributed by atoms with Gasteiger partial charge in [0.05, 0.1) is 11.6 Å². The van der Waals surface area contributed by atoms with Gasteiger partial charge in [0, 0.05) is 10.0 Å². The molecule has 1 aliphatic heterocycles. The van der Waals surface area contributed by atoms with E-state index in [0.717, 1.165) is 15.8 Å². The zero-order valence-corrected chi connectivity index (χ0v) is 9.28. The molecule has 74 valence electrons. The highest BCUT2D eigenvalue weighted by Gasteiger charge is 2.26. The highest BCUT2D eigenvalue weighted by atomic mass is 79.9. The van der Waals surface area contributed by atoms with Crippen molar-refractivity contribution in [1.82, 2.24) is 0 Å². The molecule has 0 bridgehead atoms. The van der Waals surface area contributed by atoms with E-state index in [1.807, 2.05) is 18.2 Å². The third-order valence-corrected chi connectivity index (χ3v) is 2.91. The molecule has 0 aliphatic carbocycles. The number of hydrogen-bond acceptors (Lipinski definition) is 3. The third kappa shape index (κ3) is 1.50. The van der Waals surface area contributed by atoms with E-state index in [0.29, 0.717) is 12.3 Å². The molecule has 0 fully saturated rings. The van der Waals surface area contributed by atoms with Crippen LogP contribution in [0.4, 0.5) is 0 Å². The highest BCUT2D eigenvalue weighted by Crippen LogP contribution is 2.36. The van der Waals surface area contributed by atoms with Crippen molar-refractivity contribution >= 4 is 21.6 Å². The van der Waals surface area contributed by atoms with Gasteiger partial charge in [-0.2, -0.15) is 0 Å². The number of oxime groups is 1. The normalized spacial score (nSPS) is 20.4. The predicted octanol–water partition coefficient (Wildman–Crippen LogP) is 2.78. The summed E-state index contributed by atoms with van der Waals surface area (Å²) in [7, 11) is 0. The van der Waals surface area contributed by atoms with Crippen molar-refractivity contribution in [2.45, 2.75) is 12.8 Å². The van der Waals surface area contributed by atoms with Gasteiger partial charge in [0.15, 0.2) is 0 Å². The maximum Gasteiger partial charge on any atom is 0.123 e. The van der Waals surface area contributed by atoms with Crippen LogP contribution < -0.4 is 4.74 Å². The molecule has 0 saturated carbocycles. The van der Waals surface area contributed by atoms with Crippen LogP contribution in [0.3, 0.4) is 0 Å². The Morgan fingerprint density at radius 3 is 3.14 bits per heavy atom. The van der Waals surface area contributed by atoms with Gasteiger partial charge in [-0.1, -0.05) is 21.1 Å². The predicted molar refractivity (Wildman–Crippen MR) is 57.3 cm³/mol. The Hall–Kier alpha value is -1.03. The number of benzene rings is 1. The number of halogens is 1. The summed E-state index contributed by atoms with van der Waals surface area (Å²) in [5.41, 5.74) is 1.76. The van der Waals surface area contributed by atoms with Gasteiger partial charge in [-0.15, -0.1) is 0 Å². The minimum Gasteiger partial charge on any atom is -0.492 e. The lowest BCUT2D eigenvalue weighted by Crippen LogP contribution is -2.10. The van der Waals surface area contributed by atoms with Gasteiger partial charge >= 0.3 is 0 Å². The van der Waals surface area contributed by atoms with Gasteiger partial charge in [0.2, 0.25) is 0 Å². The molecule has 1 atom stereocenters. The molecule has 1 heterocycles. The average Bonchev–Trinajstić information content (AvgIpc) is 2.59. The maximum absolute atomic E-state index is 8.71. The molecular weight excluding hydrogens is 246 g/mol. The van der Waals surface area contributed by atoms with Crippen LogP contribution in [0.15, 0.2) is 27.8 Å². The second-order valence-corrected chi connectivity index (χ2v) is 4.20. The maximum atomic E-state index is 8.71. The number of hydrogen-bond donors (Lipinski definition) is 1. The van der Waals surface area contributed by atoms with E-state index in [1.54, 1.807) is 6.92 Å². The van der Waals surface area contributed by atoms with Crippen molar-refractivity contribution in [3.05, 3.63) is 28.2 Å². The molecular formula is C10H10BrNO2. The second-order valence-electron chi connectivity index (χ2n) is 3.29. The van der Waals surface area contributed by atoms with E-state index in [4.69, 9.17) is 9.94 Å². The first-order valence-electron chi connectivity index (χ1n) is 4.33. The number of ether oxygens (including phenoxy) is 1. The zero-order chi connectivity index (χ0) is 10.1. The van der Waals surface area contributed by atoms with Gasteiger partial charge in [-0.3, -0.25) is 0 Å². The number of rotatable bonds is 1. The summed E-state index contributed by atoms with van der Waals surface area (Å²) in [5.74, 6) is 0.952. The van der Waals surface area contributed by atoms with Gasteiger partial charge < -0.3 is 9.94 Å². The minimum atomic E-state index is 0.0764. The monoisotopic (exact) mass is 255 g/mol. The quantitative estimate of drug-likeness (QED) is 0.477. The Morgan fingerprint density at radius 2 is 2.43 bits per heavy atom. The van der Waals surface area contributed by atoms with Crippen LogP contribution in [0.1, 0.15) is 18.4 Å². The van der Waals surface area contributed by atoms with E-state index in [9.17, 15) is 0 Å². The number of nitrogens with zero attached hydrogens (tertiary/aromatic N) is 1. The molecule has 3 nitrogen and oxygen atoms in total. The molecule has 0 amide bonds. The van der Waals surface area contributed by atoms with Crippen LogP contribution in [0.2, 0.25) is 0 Å². The van der Waals surface area contributed by atoms with Crippen LogP contribution in [0.25, 0.3) is 0 Å². The summed E-state index contributed by atoms with van der Waals surface area (Å²) in [6.07, 6.45) is 0. The molecule has 0 radical (unpaired) electrons. The Bertz CT molecular complexity index is 390. The lowest BCUT2D eigenvalue weighted by Gasteiger charge is -2.05. The van der Waals surface area contributed by atoms with Crippen LogP contribution in [-0.4, -0.2) is 17.5 Å². The van der Waals surface area contributed by atoms with Crippen LogP contribution in [-0.2, 0) is 0 Å². The van der Waals surface area contributed by atoms with Crippen molar-refractivity contribution in [3.8, 4) is 5.75 Å². The van der Waals surface area contributed by atoms with E-state index in [1.165, 1.54) is 0 Å². The van der Waals surface area contributed by atoms with Crippen molar-refractivity contribution in [1.29, 1.82) is 0 Å². The van der Waals surface area contributed by atoms with Gasteiger partial charge in [0.25, 0.3) is 0 Å². The van der Waals surface area contributed by atoms with E-state index < -0.39 is 0 Å². The largest absolute Gasteiger partial charge is 0.492 e. The van der Waals surface area contributed by atoms with Gasteiger partial charge in [0.1, 0.15) is 12.4 Å². The number of fused-ring (bicyclic) bond motifs is 1. The SMILES string of the molecule is CC(=NO)C1COc2ccc(Br)cc21. The standard InChI is InChI=1S/C10H10BrNO2/c1-6(12-13)9-5-14-10-3-2-7(11)4-8(9)10/h2-4,9,13H,5H2,1H3. The van der Waals surface area contributed by atoms with E-state index in [2.05, 4.69) is 21.1 Å². The fourth-order valence-corrected chi connectivity index (χ4v) is 1.98. The first kappa shape index (κ1) is 9.52. The average molecular weight is 256 g/mol. The fraction of sp³-hybridized carbons (Fsp3) is 0.300. The molecule has 14 heavy (non-hydrogen) atoms. The van der Waals surface area contributed by atoms with Gasteiger partial charge in [-0.05, 0) is 25.1 Å². The van der Waals surface area contributed by atoms with Crippen molar-refractivity contribution in [2.75, 3.05) is 6.61 Å². The van der Waals surface area contributed by atoms with Crippen LogP contribution >= 0.6 is 15.9 Å².